The summed E-state index contributed by atoms with van der Waals surface area (Å²) in [5.41, 5.74) is 6.19. The summed E-state index contributed by atoms with van der Waals surface area (Å²) in [4.78, 5) is 13.2. The van der Waals surface area contributed by atoms with Crippen LogP contribution in [-0.4, -0.2) is 63.9 Å². The van der Waals surface area contributed by atoms with E-state index in [0.29, 0.717) is 11.5 Å². The zero-order valence-corrected chi connectivity index (χ0v) is 14.3. The highest BCUT2D eigenvalue weighted by Gasteiger charge is 2.09. The molecule has 1 fully saturated rings. The molecule has 1 saturated heterocycles. The van der Waals surface area contributed by atoms with Crippen LogP contribution < -0.4 is 20.5 Å². The second-order valence-electron chi connectivity index (χ2n) is 5.72. The monoisotopic (exact) mass is 337 g/mol. The van der Waals surface area contributed by atoms with Crippen molar-refractivity contribution in [2.45, 2.75) is 13.0 Å². The molecule has 0 radical (unpaired) electrons. The SMILES string of the molecule is COc1cc(CNCCCN2CCOCC2)ccc1OCC(N)=O. The second-order valence-corrected chi connectivity index (χ2v) is 5.72. The first-order valence-electron chi connectivity index (χ1n) is 8.28. The van der Waals surface area contributed by atoms with Crippen LogP contribution in [0.3, 0.4) is 0 Å². The lowest BCUT2D eigenvalue weighted by Crippen LogP contribution is -2.37. The summed E-state index contributed by atoms with van der Waals surface area (Å²) in [6, 6.07) is 5.66. The number of nitrogens with zero attached hydrogens (tertiary/aromatic N) is 1. The van der Waals surface area contributed by atoms with Gasteiger partial charge in [0.25, 0.3) is 5.91 Å². The molecule has 1 heterocycles. The highest BCUT2D eigenvalue weighted by atomic mass is 16.5. The standard InChI is InChI=1S/C17H27N3O4/c1-22-16-11-14(3-4-15(16)24-13-17(18)21)12-19-5-2-6-20-7-9-23-10-8-20/h3-4,11,19H,2,5-10,12-13H2,1H3,(H2,18,21). The highest BCUT2D eigenvalue weighted by Crippen LogP contribution is 2.27. The normalized spacial score (nSPS) is 15.2. The van der Waals surface area contributed by atoms with Crippen LogP contribution in [-0.2, 0) is 16.1 Å². The Morgan fingerprint density at radius 3 is 2.83 bits per heavy atom. The molecule has 0 spiro atoms. The Kier molecular flexibility index (Phi) is 7.81. The zero-order valence-electron chi connectivity index (χ0n) is 14.3. The predicted molar refractivity (Wildman–Crippen MR) is 91.3 cm³/mol. The molecule has 0 aliphatic carbocycles. The van der Waals surface area contributed by atoms with E-state index in [1.165, 1.54) is 0 Å². The van der Waals surface area contributed by atoms with Crippen molar-refractivity contribution in [1.82, 2.24) is 10.2 Å². The molecule has 1 aliphatic heterocycles. The molecule has 0 saturated carbocycles. The topological polar surface area (TPSA) is 86.1 Å². The number of hydrogen-bond acceptors (Lipinski definition) is 6. The van der Waals surface area contributed by atoms with E-state index < -0.39 is 5.91 Å². The van der Waals surface area contributed by atoms with Crippen LogP contribution in [0.2, 0.25) is 0 Å². The van der Waals surface area contributed by atoms with Crippen molar-refractivity contribution in [1.29, 1.82) is 0 Å². The van der Waals surface area contributed by atoms with E-state index in [9.17, 15) is 4.79 Å². The number of carbonyl (C=O) groups is 1. The molecule has 0 atom stereocenters. The summed E-state index contributed by atoms with van der Waals surface area (Å²) in [6.45, 7) is 6.41. The number of hydrogen-bond donors (Lipinski definition) is 2. The number of methoxy groups -OCH3 is 1. The third-order valence-electron chi connectivity index (χ3n) is 3.86. The van der Waals surface area contributed by atoms with Crippen LogP contribution in [0.5, 0.6) is 11.5 Å². The van der Waals surface area contributed by atoms with Gasteiger partial charge in [-0.25, -0.2) is 0 Å². The number of benzene rings is 1. The molecule has 0 aromatic heterocycles. The number of morpholine rings is 1. The summed E-state index contributed by atoms with van der Waals surface area (Å²) < 4.78 is 16.0. The number of nitrogens with one attached hydrogen (secondary N) is 1. The van der Waals surface area contributed by atoms with E-state index in [4.69, 9.17) is 19.9 Å². The molecular formula is C17H27N3O4. The number of amides is 1. The fraction of sp³-hybridized carbons (Fsp3) is 0.588. The van der Waals surface area contributed by atoms with Crippen LogP contribution in [0.15, 0.2) is 18.2 Å². The van der Waals surface area contributed by atoms with Gasteiger partial charge in [0.2, 0.25) is 0 Å². The fourth-order valence-corrected chi connectivity index (χ4v) is 2.58. The third kappa shape index (κ3) is 6.35. The third-order valence-corrected chi connectivity index (χ3v) is 3.86. The van der Waals surface area contributed by atoms with Crippen molar-refractivity contribution in [2.75, 3.05) is 53.1 Å². The molecule has 2 rings (SSSR count). The Morgan fingerprint density at radius 1 is 1.33 bits per heavy atom. The minimum Gasteiger partial charge on any atom is -0.493 e. The minimum atomic E-state index is -0.511. The molecule has 1 aromatic carbocycles. The molecule has 7 nitrogen and oxygen atoms in total. The summed E-state index contributed by atoms with van der Waals surface area (Å²) in [5.74, 6) is 0.610. The van der Waals surface area contributed by atoms with Gasteiger partial charge < -0.3 is 25.3 Å². The maximum atomic E-state index is 10.8. The Hall–Kier alpha value is -1.83. The molecular weight excluding hydrogens is 310 g/mol. The molecule has 3 N–H and O–H groups in total. The minimum absolute atomic E-state index is 0.157. The molecule has 0 unspecified atom stereocenters. The van der Waals surface area contributed by atoms with Gasteiger partial charge in [0, 0.05) is 19.6 Å². The van der Waals surface area contributed by atoms with Gasteiger partial charge in [-0.1, -0.05) is 6.07 Å². The molecule has 1 amide bonds. The summed E-state index contributed by atoms with van der Waals surface area (Å²) in [5, 5.41) is 3.43. The van der Waals surface area contributed by atoms with Crippen molar-refractivity contribution in [3.05, 3.63) is 23.8 Å². The number of primary amides is 1. The van der Waals surface area contributed by atoms with Crippen LogP contribution >= 0.6 is 0 Å². The number of ether oxygens (including phenoxy) is 3. The number of rotatable bonds is 10. The van der Waals surface area contributed by atoms with Crippen molar-refractivity contribution in [3.63, 3.8) is 0 Å². The van der Waals surface area contributed by atoms with Gasteiger partial charge in [-0.05, 0) is 37.2 Å². The van der Waals surface area contributed by atoms with E-state index in [2.05, 4.69) is 10.2 Å². The van der Waals surface area contributed by atoms with Crippen molar-refractivity contribution < 1.29 is 19.0 Å². The summed E-state index contributed by atoms with van der Waals surface area (Å²) >= 11 is 0. The maximum Gasteiger partial charge on any atom is 0.255 e. The van der Waals surface area contributed by atoms with E-state index >= 15 is 0 Å². The Labute approximate surface area is 143 Å². The van der Waals surface area contributed by atoms with Gasteiger partial charge in [-0.3, -0.25) is 9.69 Å². The van der Waals surface area contributed by atoms with E-state index in [1.54, 1.807) is 13.2 Å². The van der Waals surface area contributed by atoms with Crippen LogP contribution in [0.4, 0.5) is 0 Å². The Bertz CT molecular complexity index is 519. The van der Waals surface area contributed by atoms with E-state index in [-0.39, 0.29) is 6.61 Å². The van der Waals surface area contributed by atoms with Crippen LogP contribution in [0.1, 0.15) is 12.0 Å². The average Bonchev–Trinajstić information content (AvgIpc) is 2.60. The van der Waals surface area contributed by atoms with E-state index in [1.807, 2.05) is 12.1 Å². The maximum absolute atomic E-state index is 10.8. The van der Waals surface area contributed by atoms with Crippen molar-refractivity contribution in [2.24, 2.45) is 5.73 Å². The van der Waals surface area contributed by atoms with Gasteiger partial charge in [0.15, 0.2) is 18.1 Å². The van der Waals surface area contributed by atoms with Gasteiger partial charge in [-0.15, -0.1) is 0 Å². The lowest BCUT2D eigenvalue weighted by atomic mass is 10.2. The quantitative estimate of drug-likeness (QED) is 0.600. The zero-order chi connectivity index (χ0) is 17.2. The van der Waals surface area contributed by atoms with Gasteiger partial charge in [-0.2, -0.15) is 0 Å². The van der Waals surface area contributed by atoms with Gasteiger partial charge in [0.1, 0.15) is 0 Å². The van der Waals surface area contributed by atoms with Crippen molar-refractivity contribution in [3.8, 4) is 11.5 Å². The number of nitrogens with two attached hydrogens (primary N) is 1. The summed E-state index contributed by atoms with van der Waals surface area (Å²) in [6.07, 6.45) is 1.11. The Morgan fingerprint density at radius 2 is 2.12 bits per heavy atom. The van der Waals surface area contributed by atoms with Crippen LogP contribution in [0.25, 0.3) is 0 Å². The Balaban J connectivity index is 1.70. The van der Waals surface area contributed by atoms with Crippen molar-refractivity contribution >= 4 is 5.91 Å². The highest BCUT2D eigenvalue weighted by molar-refractivity contribution is 5.75. The number of carbonyl (C=O) groups excluding carboxylic acids is 1. The first-order chi connectivity index (χ1) is 11.7. The molecule has 134 valence electrons. The van der Waals surface area contributed by atoms with Crippen LogP contribution in [0, 0.1) is 0 Å². The smallest absolute Gasteiger partial charge is 0.255 e. The van der Waals surface area contributed by atoms with E-state index in [0.717, 1.165) is 57.9 Å². The van der Waals surface area contributed by atoms with Gasteiger partial charge in [0.05, 0.1) is 20.3 Å². The molecule has 1 aliphatic rings. The first-order valence-corrected chi connectivity index (χ1v) is 8.28. The largest absolute Gasteiger partial charge is 0.493 e. The lowest BCUT2D eigenvalue weighted by molar-refractivity contribution is -0.119. The molecule has 24 heavy (non-hydrogen) atoms. The molecule has 0 bridgehead atoms. The summed E-state index contributed by atoms with van der Waals surface area (Å²) in [7, 11) is 1.58. The molecule has 7 heteroatoms. The fourth-order valence-electron chi connectivity index (χ4n) is 2.58. The first kappa shape index (κ1) is 18.5. The average molecular weight is 337 g/mol. The predicted octanol–water partition coefficient (Wildman–Crippen LogP) is 0.371. The van der Waals surface area contributed by atoms with Gasteiger partial charge >= 0.3 is 0 Å². The lowest BCUT2D eigenvalue weighted by Gasteiger charge is -2.26. The second kappa shape index (κ2) is 10.1. The molecule has 1 aromatic rings.